The molecule has 0 saturated heterocycles. The number of urea groups is 1. The van der Waals surface area contributed by atoms with Gasteiger partial charge in [0.1, 0.15) is 0 Å². The van der Waals surface area contributed by atoms with Crippen molar-refractivity contribution in [3.05, 3.63) is 23.8 Å². The number of methoxy groups -OCH3 is 1. The maximum Gasteiger partial charge on any atom is 0.387 e. The number of ether oxygens (including phenoxy) is 2. The Kier molecular flexibility index (Phi) is 6.81. The Labute approximate surface area is 145 Å². The lowest BCUT2D eigenvalue weighted by Gasteiger charge is -2.27. The van der Waals surface area contributed by atoms with Crippen LogP contribution in [0.25, 0.3) is 0 Å². The van der Waals surface area contributed by atoms with Gasteiger partial charge in [-0.05, 0) is 30.5 Å². The number of benzene rings is 1. The van der Waals surface area contributed by atoms with Gasteiger partial charge < -0.3 is 20.1 Å². The van der Waals surface area contributed by atoms with Crippen molar-refractivity contribution in [2.45, 2.75) is 44.9 Å². The van der Waals surface area contributed by atoms with E-state index in [2.05, 4.69) is 21.4 Å². The lowest BCUT2D eigenvalue weighted by Crippen LogP contribution is -2.46. The van der Waals surface area contributed by atoms with Crippen LogP contribution in [0.5, 0.6) is 11.5 Å². The first-order valence-electron chi connectivity index (χ1n) is 8.09. The molecule has 2 N–H and O–H groups in total. The summed E-state index contributed by atoms with van der Waals surface area (Å²) < 4.78 is 34.2. The number of hydrogen-bond donors (Lipinski definition) is 2. The van der Waals surface area contributed by atoms with Crippen molar-refractivity contribution in [3.63, 3.8) is 0 Å². The monoisotopic (exact) mass is 353 g/mol. The zero-order valence-electron chi connectivity index (χ0n) is 13.9. The van der Waals surface area contributed by atoms with Gasteiger partial charge in [0.05, 0.1) is 19.1 Å². The Balaban J connectivity index is 1.91. The molecule has 1 aromatic carbocycles. The molecule has 2 amide bonds. The SMILES string of the molecule is COc1ccc(CNC(=O)NC2CCCCC2C#N)cc1OC(F)F. The summed E-state index contributed by atoms with van der Waals surface area (Å²) in [5, 5.41) is 14.6. The van der Waals surface area contributed by atoms with Crippen molar-refractivity contribution in [2.24, 2.45) is 5.92 Å². The van der Waals surface area contributed by atoms with E-state index in [9.17, 15) is 13.6 Å². The predicted molar refractivity (Wildman–Crippen MR) is 86.4 cm³/mol. The highest BCUT2D eigenvalue weighted by molar-refractivity contribution is 5.74. The van der Waals surface area contributed by atoms with Crippen molar-refractivity contribution in [1.82, 2.24) is 10.6 Å². The average molecular weight is 353 g/mol. The van der Waals surface area contributed by atoms with Crippen LogP contribution in [0.4, 0.5) is 13.6 Å². The van der Waals surface area contributed by atoms with Gasteiger partial charge in [0.15, 0.2) is 11.5 Å². The second-order valence-electron chi connectivity index (χ2n) is 5.82. The van der Waals surface area contributed by atoms with Crippen LogP contribution in [0.1, 0.15) is 31.2 Å². The molecule has 136 valence electrons. The quantitative estimate of drug-likeness (QED) is 0.823. The minimum atomic E-state index is -2.96. The van der Waals surface area contributed by atoms with E-state index in [1.54, 1.807) is 6.07 Å². The molecule has 0 heterocycles. The summed E-state index contributed by atoms with van der Waals surface area (Å²) in [6, 6.07) is 6.22. The standard InChI is InChI=1S/C17H21F2N3O3/c1-24-14-7-6-11(8-15(14)25-16(18)19)10-21-17(23)22-13-5-3-2-4-12(13)9-20/h6-8,12-13,16H,2-5,10H2,1H3,(H2,21,22,23). The molecule has 8 heteroatoms. The summed E-state index contributed by atoms with van der Waals surface area (Å²) in [5.74, 6) is -0.0758. The van der Waals surface area contributed by atoms with Crippen LogP contribution in [0, 0.1) is 17.2 Å². The fourth-order valence-electron chi connectivity index (χ4n) is 2.88. The van der Waals surface area contributed by atoms with Gasteiger partial charge in [-0.3, -0.25) is 0 Å². The summed E-state index contributed by atoms with van der Waals surface area (Å²) >= 11 is 0. The van der Waals surface area contributed by atoms with E-state index in [4.69, 9.17) is 10.00 Å². The van der Waals surface area contributed by atoms with Crippen LogP contribution in [-0.2, 0) is 6.54 Å². The fourth-order valence-corrected chi connectivity index (χ4v) is 2.88. The van der Waals surface area contributed by atoms with Crippen LogP contribution >= 0.6 is 0 Å². The Morgan fingerprint density at radius 3 is 2.80 bits per heavy atom. The van der Waals surface area contributed by atoms with Gasteiger partial charge in [-0.15, -0.1) is 0 Å². The topological polar surface area (TPSA) is 83.4 Å². The number of alkyl halides is 2. The fraction of sp³-hybridized carbons (Fsp3) is 0.529. The van der Waals surface area contributed by atoms with E-state index >= 15 is 0 Å². The van der Waals surface area contributed by atoms with E-state index < -0.39 is 6.61 Å². The van der Waals surface area contributed by atoms with E-state index in [0.29, 0.717) is 5.56 Å². The van der Waals surface area contributed by atoms with E-state index in [0.717, 1.165) is 25.7 Å². The van der Waals surface area contributed by atoms with E-state index in [1.165, 1.54) is 19.2 Å². The van der Waals surface area contributed by atoms with Gasteiger partial charge in [0, 0.05) is 12.6 Å². The molecule has 1 aromatic rings. The zero-order valence-corrected chi connectivity index (χ0v) is 13.9. The van der Waals surface area contributed by atoms with Crippen molar-refractivity contribution in [1.29, 1.82) is 5.26 Å². The van der Waals surface area contributed by atoms with Gasteiger partial charge in [0.2, 0.25) is 0 Å². The summed E-state index contributed by atoms with van der Waals surface area (Å²) in [4.78, 5) is 12.0. The molecule has 2 unspecified atom stereocenters. The third kappa shape index (κ3) is 5.48. The van der Waals surface area contributed by atoms with Crippen LogP contribution in [0.3, 0.4) is 0 Å². The number of rotatable bonds is 6. The highest BCUT2D eigenvalue weighted by atomic mass is 19.3. The summed E-state index contributed by atoms with van der Waals surface area (Å²) in [6.07, 6.45) is 3.54. The first-order chi connectivity index (χ1) is 12.0. The number of amides is 2. The second kappa shape index (κ2) is 9.06. The molecule has 0 spiro atoms. The molecule has 1 saturated carbocycles. The summed E-state index contributed by atoms with van der Waals surface area (Å²) in [7, 11) is 1.36. The predicted octanol–water partition coefficient (Wildman–Crippen LogP) is 3.18. The van der Waals surface area contributed by atoms with Gasteiger partial charge in [0.25, 0.3) is 0 Å². The number of hydrogen-bond acceptors (Lipinski definition) is 4. The summed E-state index contributed by atoms with van der Waals surface area (Å²) in [6.45, 7) is -2.83. The lowest BCUT2D eigenvalue weighted by molar-refractivity contribution is -0.0512. The maximum atomic E-state index is 12.4. The van der Waals surface area contributed by atoms with E-state index in [1.807, 2.05) is 0 Å². The third-order valence-corrected chi connectivity index (χ3v) is 4.15. The van der Waals surface area contributed by atoms with Crippen LogP contribution in [0.2, 0.25) is 0 Å². The molecule has 0 aromatic heterocycles. The van der Waals surface area contributed by atoms with Crippen LogP contribution in [0.15, 0.2) is 18.2 Å². The van der Waals surface area contributed by atoms with Crippen LogP contribution in [-0.4, -0.2) is 25.8 Å². The minimum Gasteiger partial charge on any atom is -0.493 e. The van der Waals surface area contributed by atoms with E-state index in [-0.39, 0.29) is 36.0 Å². The Hall–Kier alpha value is -2.56. The molecule has 0 radical (unpaired) electrons. The highest BCUT2D eigenvalue weighted by Gasteiger charge is 2.26. The molecule has 2 rings (SSSR count). The zero-order chi connectivity index (χ0) is 18.2. The largest absolute Gasteiger partial charge is 0.493 e. The Morgan fingerprint density at radius 1 is 1.36 bits per heavy atom. The normalized spacial score (nSPS) is 19.8. The Morgan fingerprint density at radius 2 is 2.12 bits per heavy atom. The van der Waals surface area contributed by atoms with Gasteiger partial charge in [-0.25, -0.2) is 4.79 Å². The second-order valence-corrected chi connectivity index (χ2v) is 5.82. The van der Waals surface area contributed by atoms with Crippen LogP contribution < -0.4 is 20.1 Å². The molecule has 6 nitrogen and oxygen atoms in total. The highest BCUT2D eigenvalue weighted by Crippen LogP contribution is 2.29. The molecule has 0 aliphatic heterocycles. The molecular weight excluding hydrogens is 332 g/mol. The number of halogens is 2. The molecular formula is C17H21F2N3O3. The number of nitrogens with zero attached hydrogens (tertiary/aromatic N) is 1. The smallest absolute Gasteiger partial charge is 0.387 e. The van der Waals surface area contributed by atoms with Gasteiger partial charge in [-0.2, -0.15) is 14.0 Å². The number of nitriles is 1. The molecule has 2 atom stereocenters. The summed E-state index contributed by atoms with van der Waals surface area (Å²) in [5.41, 5.74) is 0.590. The van der Waals surface area contributed by atoms with Crippen molar-refractivity contribution in [2.75, 3.05) is 7.11 Å². The van der Waals surface area contributed by atoms with Gasteiger partial charge >= 0.3 is 12.6 Å². The Bertz CT molecular complexity index is 634. The van der Waals surface area contributed by atoms with Gasteiger partial charge in [-0.1, -0.05) is 18.9 Å². The first-order valence-corrected chi connectivity index (χ1v) is 8.09. The first kappa shape index (κ1) is 18.8. The minimum absolute atomic E-state index is 0.0889. The third-order valence-electron chi connectivity index (χ3n) is 4.15. The number of carbonyl (C=O) groups is 1. The lowest BCUT2D eigenvalue weighted by atomic mass is 9.85. The van der Waals surface area contributed by atoms with Crippen molar-refractivity contribution in [3.8, 4) is 17.6 Å². The van der Waals surface area contributed by atoms with Crippen molar-refractivity contribution >= 4 is 6.03 Å². The average Bonchev–Trinajstić information content (AvgIpc) is 2.60. The molecule has 0 bridgehead atoms. The molecule has 1 fully saturated rings. The maximum absolute atomic E-state index is 12.4. The molecule has 1 aliphatic carbocycles. The van der Waals surface area contributed by atoms with Crippen molar-refractivity contribution < 1.29 is 23.0 Å². The molecule has 1 aliphatic rings. The number of carbonyl (C=O) groups excluding carboxylic acids is 1. The number of nitrogens with one attached hydrogen (secondary N) is 2. The molecule has 25 heavy (non-hydrogen) atoms.